The molecule has 1 aromatic heterocycles. The van der Waals surface area contributed by atoms with Gasteiger partial charge in [0, 0.05) is 50.9 Å². The highest BCUT2D eigenvalue weighted by molar-refractivity contribution is 7.71. The van der Waals surface area contributed by atoms with Gasteiger partial charge in [-0.2, -0.15) is 5.10 Å². The summed E-state index contributed by atoms with van der Waals surface area (Å²) in [7, 11) is 3.46. The normalized spacial score (nSPS) is 13.7. The fourth-order valence-electron chi connectivity index (χ4n) is 3.88. The van der Waals surface area contributed by atoms with Gasteiger partial charge in [-0.3, -0.25) is 14.5 Å². The Labute approximate surface area is 198 Å². The summed E-state index contributed by atoms with van der Waals surface area (Å²) in [6.45, 7) is 4.36. The van der Waals surface area contributed by atoms with Crippen LogP contribution in [0.1, 0.15) is 12.0 Å². The van der Waals surface area contributed by atoms with Crippen molar-refractivity contribution in [2.24, 2.45) is 0 Å². The summed E-state index contributed by atoms with van der Waals surface area (Å²) < 4.78 is 13.0. The fraction of sp³-hybridized carbons (Fsp3) is 0.375. The molecule has 0 atom stereocenters. The van der Waals surface area contributed by atoms with Crippen molar-refractivity contribution >= 4 is 23.8 Å². The topological polar surface area (TPSA) is 75.6 Å². The SMILES string of the molecule is COc1ccc(-c2n[nH]c(=S)n2CCC(=O)N(C)Cc2ccc(N3CCOCC3)cc2)cc1. The van der Waals surface area contributed by atoms with Gasteiger partial charge >= 0.3 is 0 Å². The summed E-state index contributed by atoms with van der Waals surface area (Å²) in [5.74, 6) is 1.53. The monoisotopic (exact) mass is 467 g/mol. The summed E-state index contributed by atoms with van der Waals surface area (Å²) in [5.41, 5.74) is 3.20. The number of hydrogen-bond acceptors (Lipinski definition) is 6. The summed E-state index contributed by atoms with van der Waals surface area (Å²) in [6, 6.07) is 16.0. The number of carbonyl (C=O) groups excluding carboxylic acids is 1. The number of methoxy groups -OCH3 is 1. The minimum atomic E-state index is 0.0519. The first-order chi connectivity index (χ1) is 16.0. The van der Waals surface area contributed by atoms with Crippen molar-refractivity contribution < 1.29 is 14.3 Å². The highest BCUT2D eigenvalue weighted by Gasteiger charge is 2.15. The molecule has 1 fully saturated rings. The molecule has 1 amide bonds. The summed E-state index contributed by atoms with van der Waals surface area (Å²) in [6.07, 6.45) is 0.333. The Morgan fingerprint density at radius 3 is 2.52 bits per heavy atom. The van der Waals surface area contributed by atoms with E-state index >= 15 is 0 Å². The number of hydrogen-bond donors (Lipinski definition) is 1. The maximum absolute atomic E-state index is 12.8. The molecule has 0 radical (unpaired) electrons. The van der Waals surface area contributed by atoms with Gasteiger partial charge in [-0.25, -0.2) is 0 Å². The van der Waals surface area contributed by atoms with Crippen LogP contribution in [0.5, 0.6) is 5.75 Å². The van der Waals surface area contributed by atoms with Crippen molar-refractivity contribution in [3.8, 4) is 17.1 Å². The third-order valence-corrected chi connectivity index (χ3v) is 6.13. The van der Waals surface area contributed by atoms with Gasteiger partial charge in [0.2, 0.25) is 5.91 Å². The molecular formula is C24H29N5O3S. The summed E-state index contributed by atoms with van der Waals surface area (Å²) in [5, 5.41) is 7.18. The van der Waals surface area contributed by atoms with E-state index in [4.69, 9.17) is 21.7 Å². The molecule has 174 valence electrons. The molecular weight excluding hydrogens is 438 g/mol. The van der Waals surface area contributed by atoms with Gasteiger partial charge in [-0.1, -0.05) is 12.1 Å². The van der Waals surface area contributed by atoms with E-state index < -0.39 is 0 Å². The minimum Gasteiger partial charge on any atom is -0.497 e. The number of carbonyl (C=O) groups is 1. The molecule has 0 aliphatic carbocycles. The first kappa shape index (κ1) is 23.0. The van der Waals surface area contributed by atoms with Gasteiger partial charge in [-0.15, -0.1) is 0 Å². The molecule has 1 aliphatic heterocycles. The zero-order valence-corrected chi connectivity index (χ0v) is 19.8. The first-order valence-corrected chi connectivity index (χ1v) is 11.4. The molecule has 8 nitrogen and oxygen atoms in total. The zero-order valence-electron chi connectivity index (χ0n) is 19.0. The Hall–Kier alpha value is -3.17. The molecule has 2 aromatic carbocycles. The number of aromatic nitrogens is 3. The smallest absolute Gasteiger partial charge is 0.224 e. The number of amides is 1. The predicted octanol–water partition coefficient (Wildman–Crippen LogP) is 3.50. The van der Waals surface area contributed by atoms with Crippen molar-refractivity contribution in [2.75, 3.05) is 45.4 Å². The number of H-pyrrole nitrogens is 1. The number of morpholine rings is 1. The molecule has 0 bridgehead atoms. The second-order valence-electron chi connectivity index (χ2n) is 8.00. The number of nitrogens with one attached hydrogen (secondary N) is 1. The van der Waals surface area contributed by atoms with Crippen LogP contribution in [0.3, 0.4) is 0 Å². The Morgan fingerprint density at radius 2 is 1.85 bits per heavy atom. The number of aromatic amines is 1. The largest absolute Gasteiger partial charge is 0.497 e. The Morgan fingerprint density at radius 1 is 1.15 bits per heavy atom. The van der Waals surface area contributed by atoms with Crippen molar-refractivity contribution in [2.45, 2.75) is 19.5 Å². The highest BCUT2D eigenvalue weighted by atomic mass is 32.1. The zero-order chi connectivity index (χ0) is 23.2. The molecule has 4 rings (SSSR count). The van der Waals surface area contributed by atoms with Crippen molar-refractivity contribution in [1.29, 1.82) is 0 Å². The lowest BCUT2D eigenvalue weighted by Crippen LogP contribution is -2.36. The summed E-state index contributed by atoms with van der Waals surface area (Å²) in [4.78, 5) is 16.9. The molecule has 0 spiro atoms. The van der Waals surface area contributed by atoms with E-state index in [9.17, 15) is 4.79 Å². The van der Waals surface area contributed by atoms with Crippen LogP contribution >= 0.6 is 12.2 Å². The second-order valence-corrected chi connectivity index (χ2v) is 8.38. The number of benzene rings is 2. The van der Waals surface area contributed by atoms with E-state index in [1.54, 1.807) is 12.0 Å². The Bertz CT molecular complexity index is 1120. The fourth-order valence-corrected chi connectivity index (χ4v) is 4.10. The molecule has 1 aliphatic rings. The molecule has 0 saturated carbocycles. The van der Waals surface area contributed by atoms with Crippen LogP contribution in [0.2, 0.25) is 0 Å². The van der Waals surface area contributed by atoms with Crippen LogP contribution in [0.15, 0.2) is 48.5 Å². The Balaban J connectivity index is 1.35. The lowest BCUT2D eigenvalue weighted by molar-refractivity contribution is -0.130. The molecule has 9 heteroatoms. The van der Waals surface area contributed by atoms with Gasteiger partial charge in [0.05, 0.1) is 20.3 Å². The molecule has 1 N–H and O–H groups in total. The number of rotatable bonds is 8. The predicted molar refractivity (Wildman–Crippen MR) is 130 cm³/mol. The van der Waals surface area contributed by atoms with Crippen LogP contribution in [-0.4, -0.2) is 66.0 Å². The third-order valence-electron chi connectivity index (χ3n) is 5.81. The van der Waals surface area contributed by atoms with Gasteiger partial charge < -0.3 is 19.3 Å². The van der Waals surface area contributed by atoms with Gasteiger partial charge in [0.1, 0.15) is 5.75 Å². The van der Waals surface area contributed by atoms with Crippen molar-refractivity contribution in [3.63, 3.8) is 0 Å². The quantitative estimate of drug-likeness (QED) is 0.511. The maximum atomic E-state index is 12.8. The van der Waals surface area contributed by atoms with Gasteiger partial charge in [0.15, 0.2) is 10.6 Å². The van der Waals surface area contributed by atoms with E-state index in [2.05, 4.69) is 39.4 Å². The second kappa shape index (κ2) is 10.6. The van der Waals surface area contributed by atoms with E-state index in [1.165, 1.54) is 5.69 Å². The average Bonchev–Trinajstić information content (AvgIpc) is 3.23. The first-order valence-electron chi connectivity index (χ1n) is 11.0. The van der Waals surface area contributed by atoms with Crippen molar-refractivity contribution in [1.82, 2.24) is 19.7 Å². The number of nitrogens with zero attached hydrogens (tertiary/aromatic N) is 4. The van der Waals surface area contributed by atoms with E-state index in [-0.39, 0.29) is 5.91 Å². The average molecular weight is 468 g/mol. The van der Waals surface area contributed by atoms with Crippen molar-refractivity contribution in [3.05, 3.63) is 58.9 Å². The lowest BCUT2D eigenvalue weighted by Gasteiger charge is -2.29. The number of anilines is 1. The molecule has 0 unspecified atom stereocenters. The minimum absolute atomic E-state index is 0.0519. The number of ether oxygens (including phenoxy) is 2. The van der Waals surface area contributed by atoms with Gasteiger partial charge in [0.25, 0.3) is 0 Å². The van der Waals surface area contributed by atoms with E-state index in [0.717, 1.165) is 43.2 Å². The standard InChI is InChI=1S/C24H29N5O3S/c1-27(17-18-3-7-20(8-4-18)28-13-15-32-16-14-28)22(30)11-12-29-23(25-26-24(29)33)19-5-9-21(31-2)10-6-19/h3-10H,11-17H2,1-2H3,(H,26,33). The van der Waals surface area contributed by atoms with E-state index in [0.29, 0.717) is 30.1 Å². The van der Waals surface area contributed by atoms with E-state index in [1.807, 2.05) is 35.9 Å². The van der Waals surface area contributed by atoms with Crippen LogP contribution < -0.4 is 9.64 Å². The highest BCUT2D eigenvalue weighted by Crippen LogP contribution is 2.21. The molecule has 3 aromatic rings. The van der Waals surface area contributed by atoms with Crippen LogP contribution in [-0.2, 0) is 22.6 Å². The third kappa shape index (κ3) is 5.61. The van der Waals surface area contributed by atoms with Gasteiger partial charge in [-0.05, 0) is 54.2 Å². The maximum Gasteiger partial charge on any atom is 0.224 e. The van der Waals surface area contributed by atoms with Crippen LogP contribution in [0.4, 0.5) is 5.69 Å². The Kier molecular flexibility index (Phi) is 7.41. The molecule has 1 saturated heterocycles. The molecule has 33 heavy (non-hydrogen) atoms. The lowest BCUT2D eigenvalue weighted by atomic mass is 10.1. The van der Waals surface area contributed by atoms with Crippen LogP contribution in [0.25, 0.3) is 11.4 Å². The van der Waals surface area contributed by atoms with Crippen LogP contribution in [0, 0.1) is 4.77 Å². The summed E-state index contributed by atoms with van der Waals surface area (Å²) >= 11 is 5.39. The molecule has 2 heterocycles.